The fourth-order valence-electron chi connectivity index (χ4n) is 4.00. The second kappa shape index (κ2) is 6.05. The van der Waals surface area contributed by atoms with Crippen LogP contribution in [0.15, 0.2) is 18.5 Å². The molecule has 0 radical (unpaired) electrons. The number of carboxylic acid groups (broad SMARTS) is 1. The van der Waals surface area contributed by atoms with Gasteiger partial charge in [0.25, 0.3) is 0 Å². The van der Waals surface area contributed by atoms with Crippen LogP contribution in [0.3, 0.4) is 0 Å². The van der Waals surface area contributed by atoms with Crippen molar-refractivity contribution in [2.24, 2.45) is 0 Å². The average molecular weight is 329 g/mol. The van der Waals surface area contributed by atoms with Gasteiger partial charge in [-0.25, -0.2) is 4.79 Å². The number of nitrogens with zero attached hydrogens (tertiary/aromatic N) is 5. The molecule has 1 unspecified atom stereocenters. The predicted molar refractivity (Wildman–Crippen MR) is 88.1 cm³/mol. The van der Waals surface area contributed by atoms with Crippen molar-refractivity contribution in [3.8, 4) is 0 Å². The molecule has 128 valence electrons. The van der Waals surface area contributed by atoms with Gasteiger partial charge < -0.3 is 5.11 Å². The Labute approximate surface area is 140 Å². The van der Waals surface area contributed by atoms with E-state index in [2.05, 4.69) is 22.0 Å². The van der Waals surface area contributed by atoms with Crippen molar-refractivity contribution in [1.29, 1.82) is 0 Å². The van der Waals surface area contributed by atoms with Crippen LogP contribution in [-0.2, 0) is 19.4 Å². The summed E-state index contributed by atoms with van der Waals surface area (Å²) in [6.07, 6.45) is 7.59. The highest BCUT2D eigenvalue weighted by Gasteiger charge is 2.37. The van der Waals surface area contributed by atoms with Crippen molar-refractivity contribution in [2.75, 3.05) is 13.1 Å². The zero-order valence-electron chi connectivity index (χ0n) is 13.9. The molecule has 3 heterocycles. The summed E-state index contributed by atoms with van der Waals surface area (Å²) in [5.74, 6) is -0.903. The fourth-order valence-corrected chi connectivity index (χ4v) is 4.00. The van der Waals surface area contributed by atoms with Crippen molar-refractivity contribution in [1.82, 2.24) is 24.5 Å². The Morgan fingerprint density at radius 3 is 2.88 bits per heavy atom. The Morgan fingerprint density at radius 1 is 1.38 bits per heavy atom. The van der Waals surface area contributed by atoms with Gasteiger partial charge in [0.05, 0.1) is 6.04 Å². The van der Waals surface area contributed by atoms with Gasteiger partial charge in [-0.3, -0.25) is 14.3 Å². The zero-order valence-corrected chi connectivity index (χ0v) is 13.9. The van der Waals surface area contributed by atoms with Crippen LogP contribution in [0.2, 0.25) is 0 Å². The summed E-state index contributed by atoms with van der Waals surface area (Å²) in [6, 6.07) is 2.82. The zero-order chi connectivity index (χ0) is 16.7. The maximum atomic E-state index is 11.6. The molecule has 7 heteroatoms. The fraction of sp³-hybridized carbons (Fsp3) is 0.588. The Morgan fingerprint density at radius 2 is 2.21 bits per heavy atom. The largest absolute Gasteiger partial charge is 0.476 e. The molecule has 0 spiro atoms. The van der Waals surface area contributed by atoms with Gasteiger partial charge in [0.1, 0.15) is 0 Å². The minimum atomic E-state index is -0.903. The van der Waals surface area contributed by atoms with Crippen LogP contribution < -0.4 is 0 Å². The van der Waals surface area contributed by atoms with E-state index >= 15 is 0 Å². The molecule has 7 nitrogen and oxygen atoms in total. The standard InChI is InChI=1S/C17H23N5O2/c1-2-7-22-15-5-4-12(9-14(15)16(19-22)17(23)24)20-10-13(11-20)21-8-3-6-18-21/h3,6,8,12-13H,2,4-5,7,9-11H2,1H3,(H,23,24). The molecule has 24 heavy (non-hydrogen) atoms. The first-order valence-corrected chi connectivity index (χ1v) is 8.72. The third kappa shape index (κ3) is 2.53. The van der Waals surface area contributed by atoms with E-state index in [0.29, 0.717) is 12.1 Å². The number of aromatic carboxylic acids is 1. The SMILES string of the molecule is CCCn1nc(C(=O)O)c2c1CCC(N1CC(n3cccn3)C1)C2. The van der Waals surface area contributed by atoms with E-state index in [4.69, 9.17) is 0 Å². The van der Waals surface area contributed by atoms with E-state index in [0.717, 1.165) is 56.6 Å². The van der Waals surface area contributed by atoms with Gasteiger partial charge in [-0.05, 0) is 31.7 Å². The number of likely N-dealkylation sites (tertiary alicyclic amines) is 1. The summed E-state index contributed by atoms with van der Waals surface area (Å²) >= 11 is 0. The first kappa shape index (κ1) is 15.4. The summed E-state index contributed by atoms with van der Waals surface area (Å²) in [5.41, 5.74) is 2.34. The molecular formula is C17H23N5O2. The first-order valence-electron chi connectivity index (χ1n) is 8.72. The number of aryl methyl sites for hydroxylation is 1. The lowest BCUT2D eigenvalue weighted by Gasteiger charge is -2.45. The van der Waals surface area contributed by atoms with Crippen molar-refractivity contribution in [3.63, 3.8) is 0 Å². The van der Waals surface area contributed by atoms with Crippen LogP contribution in [0.4, 0.5) is 0 Å². The summed E-state index contributed by atoms with van der Waals surface area (Å²) < 4.78 is 3.93. The van der Waals surface area contributed by atoms with Gasteiger partial charge in [-0.1, -0.05) is 6.92 Å². The van der Waals surface area contributed by atoms with Crippen molar-refractivity contribution >= 4 is 5.97 Å². The topological polar surface area (TPSA) is 76.2 Å². The van der Waals surface area contributed by atoms with Gasteiger partial charge >= 0.3 is 5.97 Å². The second-order valence-corrected chi connectivity index (χ2v) is 6.79. The van der Waals surface area contributed by atoms with Gasteiger partial charge in [0.2, 0.25) is 0 Å². The monoisotopic (exact) mass is 329 g/mol. The molecular weight excluding hydrogens is 306 g/mol. The Kier molecular flexibility index (Phi) is 3.88. The molecule has 1 saturated heterocycles. The normalized spacial score (nSPS) is 21.5. The lowest BCUT2D eigenvalue weighted by molar-refractivity contribution is 0.0457. The number of hydrogen-bond acceptors (Lipinski definition) is 4. The molecule has 1 N–H and O–H groups in total. The van der Waals surface area contributed by atoms with E-state index < -0.39 is 5.97 Å². The van der Waals surface area contributed by atoms with Gasteiger partial charge in [-0.15, -0.1) is 0 Å². The summed E-state index contributed by atoms with van der Waals surface area (Å²) in [6.45, 7) is 4.88. The maximum absolute atomic E-state index is 11.6. The van der Waals surface area contributed by atoms with E-state index in [1.165, 1.54) is 0 Å². The van der Waals surface area contributed by atoms with E-state index in [1.807, 2.05) is 27.8 Å². The Bertz CT molecular complexity index is 730. The number of carboxylic acids is 1. The minimum absolute atomic E-state index is 0.257. The molecule has 2 aromatic heterocycles. The van der Waals surface area contributed by atoms with Crippen LogP contribution in [0.25, 0.3) is 0 Å². The molecule has 1 aliphatic heterocycles. The lowest BCUT2D eigenvalue weighted by Crippen LogP contribution is -2.54. The maximum Gasteiger partial charge on any atom is 0.356 e. The van der Waals surface area contributed by atoms with Crippen LogP contribution in [0.1, 0.15) is 47.6 Å². The number of aromatic nitrogens is 4. The van der Waals surface area contributed by atoms with E-state index in [-0.39, 0.29) is 5.69 Å². The molecule has 0 bridgehead atoms. The molecule has 4 rings (SSSR count). The summed E-state index contributed by atoms with van der Waals surface area (Å²) in [4.78, 5) is 14.0. The molecule has 2 aliphatic rings. The molecule has 0 aromatic carbocycles. The smallest absolute Gasteiger partial charge is 0.356 e. The number of rotatable bonds is 5. The third-order valence-electron chi connectivity index (χ3n) is 5.26. The molecule has 0 amide bonds. The van der Waals surface area contributed by atoms with E-state index in [9.17, 15) is 9.90 Å². The quantitative estimate of drug-likeness (QED) is 0.902. The highest BCUT2D eigenvalue weighted by molar-refractivity contribution is 5.87. The van der Waals surface area contributed by atoms with Crippen molar-refractivity contribution in [3.05, 3.63) is 35.4 Å². The molecule has 0 saturated carbocycles. The number of carbonyl (C=O) groups is 1. The first-order chi connectivity index (χ1) is 11.7. The predicted octanol–water partition coefficient (Wildman–Crippen LogP) is 1.60. The molecule has 1 fully saturated rings. The van der Waals surface area contributed by atoms with Crippen LogP contribution in [-0.4, -0.2) is 54.7 Å². The lowest BCUT2D eigenvalue weighted by atomic mass is 9.88. The molecule has 1 aliphatic carbocycles. The second-order valence-electron chi connectivity index (χ2n) is 6.79. The van der Waals surface area contributed by atoms with Gasteiger partial charge in [-0.2, -0.15) is 10.2 Å². The van der Waals surface area contributed by atoms with Crippen LogP contribution in [0, 0.1) is 0 Å². The summed E-state index contributed by atoms with van der Waals surface area (Å²) in [7, 11) is 0. The average Bonchev–Trinajstić information content (AvgIpc) is 3.15. The highest BCUT2D eigenvalue weighted by Crippen LogP contribution is 2.32. The van der Waals surface area contributed by atoms with Crippen LogP contribution >= 0.6 is 0 Å². The number of hydrogen-bond donors (Lipinski definition) is 1. The molecule has 1 atom stereocenters. The third-order valence-corrected chi connectivity index (χ3v) is 5.26. The van der Waals surface area contributed by atoms with Crippen molar-refractivity contribution < 1.29 is 9.90 Å². The number of fused-ring (bicyclic) bond motifs is 1. The van der Waals surface area contributed by atoms with E-state index in [1.54, 1.807) is 0 Å². The highest BCUT2D eigenvalue weighted by atomic mass is 16.4. The Hall–Kier alpha value is -2.15. The summed E-state index contributed by atoms with van der Waals surface area (Å²) in [5, 5.41) is 18.2. The minimum Gasteiger partial charge on any atom is -0.476 e. The molecule has 2 aromatic rings. The van der Waals surface area contributed by atoms with Crippen molar-refractivity contribution in [2.45, 2.75) is 51.2 Å². The Balaban J connectivity index is 1.49. The van der Waals surface area contributed by atoms with Gasteiger partial charge in [0, 0.05) is 49.3 Å². The van der Waals surface area contributed by atoms with Gasteiger partial charge in [0.15, 0.2) is 5.69 Å². The van der Waals surface area contributed by atoms with Crippen LogP contribution in [0.5, 0.6) is 0 Å².